The van der Waals surface area contributed by atoms with Crippen molar-refractivity contribution in [3.05, 3.63) is 40.4 Å². The van der Waals surface area contributed by atoms with Gasteiger partial charge in [0.1, 0.15) is 22.2 Å². The van der Waals surface area contributed by atoms with Crippen molar-refractivity contribution in [2.45, 2.75) is 75.8 Å². The maximum absolute atomic E-state index is 13.5. The molecule has 2 aliphatic heterocycles. The molecule has 3 aliphatic rings. The van der Waals surface area contributed by atoms with Crippen molar-refractivity contribution in [1.82, 2.24) is 25.2 Å². The van der Waals surface area contributed by atoms with Crippen LogP contribution in [0.1, 0.15) is 69.5 Å². The Kier molecular flexibility index (Phi) is 6.85. The van der Waals surface area contributed by atoms with Gasteiger partial charge in [0, 0.05) is 24.5 Å². The Hall–Kier alpha value is -2.29. The number of piperidine rings is 2. The molecule has 0 amide bonds. The molecule has 1 atom stereocenters. The lowest BCUT2D eigenvalue weighted by Crippen LogP contribution is -2.42. The molecule has 0 bridgehead atoms. The highest BCUT2D eigenvalue weighted by atomic mass is 32.1. The number of nitrogens with zero attached hydrogens (tertiary/aromatic N) is 3. The highest BCUT2D eigenvalue weighted by Crippen LogP contribution is 2.34. The van der Waals surface area contributed by atoms with Crippen LogP contribution in [0.5, 0.6) is 0 Å². The first kappa shape index (κ1) is 23.1. The lowest BCUT2D eigenvalue weighted by Gasteiger charge is -2.39. The summed E-state index contributed by atoms with van der Waals surface area (Å²) in [5.41, 5.74) is 1.44. The van der Waals surface area contributed by atoms with E-state index in [1.165, 1.54) is 32.1 Å². The maximum Gasteiger partial charge on any atom is 0.263 e. The van der Waals surface area contributed by atoms with Crippen LogP contribution in [0, 0.1) is 0 Å². The molecule has 2 aromatic heterocycles. The molecular formula is C27H36N6OS. The molecule has 1 aromatic carbocycles. The van der Waals surface area contributed by atoms with Crippen molar-refractivity contribution in [3.63, 3.8) is 0 Å². The van der Waals surface area contributed by atoms with Crippen molar-refractivity contribution >= 4 is 27.4 Å². The van der Waals surface area contributed by atoms with Crippen LogP contribution >= 0.6 is 11.3 Å². The zero-order valence-corrected chi connectivity index (χ0v) is 21.2. The van der Waals surface area contributed by atoms with Crippen molar-refractivity contribution in [3.8, 4) is 10.6 Å². The number of likely N-dealkylation sites (tertiary alicyclic amines) is 1. The summed E-state index contributed by atoms with van der Waals surface area (Å²) in [5.74, 6) is 1.85. The van der Waals surface area contributed by atoms with Crippen LogP contribution in [0.15, 0.2) is 29.1 Å². The topological polar surface area (TPSA) is 85.9 Å². The number of H-pyrrole nitrogens is 1. The highest BCUT2D eigenvalue weighted by Gasteiger charge is 2.29. The standard InChI is InChI=1S/C27H36N6OS/c34-26-23(27-30-21-10-4-5-11-22(21)35-27)25(29-19-7-6-14-28-17-19)31-24(32-26)18-12-15-33(16-13-18)20-8-2-1-3-9-20/h4-5,10-11,18-20,28H,1-3,6-9,12-17H2,(H2,29,31,32,34)/t19-/m1/s1. The van der Waals surface area contributed by atoms with E-state index in [1.807, 2.05) is 18.2 Å². The smallest absolute Gasteiger partial charge is 0.263 e. The third-order valence-corrected chi connectivity index (χ3v) is 9.14. The van der Waals surface area contributed by atoms with Crippen molar-refractivity contribution in [2.24, 2.45) is 0 Å². The van der Waals surface area contributed by atoms with Crippen LogP contribution in [0.25, 0.3) is 20.8 Å². The van der Waals surface area contributed by atoms with Gasteiger partial charge in [-0.15, -0.1) is 11.3 Å². The zero-order chi connectivity index (χ0) is 23.6. The van der Waals surface area contributed by atoms with Crippen LogP contribution < -0.4 is 16.2 Å². The first-order chi connectivity index (χ1) is 17.2. The minimum atomic E-state index is -0.0740. The molecule has 3 N–H and O–H groups in total. The van der Waals surface area contributed by atoms with Crippen LogP contribution in [-0.2, 0) is 0 Å². The number of rotatable bonds is 5. The van der Waals surface area contributed by atoms with Gasteiger partial charge in [-0.05, 0) is 70.3 Å². The second-order valence-electron chi connectivity index (χ2n) is 10.5. The molecule has 35 heavy (non-hydrogen) atoms. The Morgan fingerprint density at radius 2 is 1.80 bits per heavy atom. The summed E-state index contributed by atoms with van der Waals surface area (Å²) in [7, 11) is 0. The number of fused-ring (bicyclic) bond motifs is 1. The number of hydrogen-bond donors (Lipinski definition) is 3. The maximum atomic E-state index is 13.5. The minimum absolute atomic E-state index is 0.0740. The van der Waals surface area contributed by atoms with Crippen molar-refractivity contribution in [1.29, 1.82) is 0 Å². The average Bonchev–Trinajstić information content (AvgIpc) is 3.33. The highest BCUT2D eigenvalue weighted by molar-refractivity contribution is 7.21. The van der Waals surface area contributed by atoms with Gasteiger partial charge in [0.25, 0.3) is 5.56 Å². The van der Waals surface area contributed by atoms with Gasteiger partial charge in [0.05, 0.1) is 10.2 Å². The summed E-state index contributed by atoms with van der Waals surface area (Å²) in [6.45, 7) is 4.15. The van der Waals surface area contributed by atoms with E-state index >= 15 is 0 Å². The number of thiazole rings is 1. The van der Waals surface area contributed by atoms with Crippen LogP contribution in [0.3, 0.4) is 0 Å². The quantitative estimate of drug-likeness (QED) is 0.478. The molecule has 3 fully saturated rings. The van der Waals surface area contributed by atoms with Gasteiger partial charge in [-0.2, -0.15) is 0 Å². The van der Waals surface area contributed by atoms with E-state index in [9.17, 15) is 4.79 Å². The molecule has 1 aliphatic carbocycles. The number of aromatic nitrogens is 3. The van der Waals surface area contributed by atoms with Gasteiger partial charge in [-0.1, -0.05) is 31.4 Å². The number of benzene rings is 1. The second kappa shape index (κ2) is 10.4. The Bertz CT molecular complexity index is 1170. The Balaban J connectivity index is 1.29. The summed E-state index contributed by atoms with van der Waals surface area (Å²) in [6, 6.07) is 9.10. The summed E-state index contributed by atoms with van der Waals surface area (Å²) in [5, 5.41) is 7.85. The predicted octanol–water partition coefficient (Wildman–Crippen LogP) is 4.72. The summed E-state index contributed by atoms with van der Waals surface area (Å²) >= 11 is 1.56. The molecule has 4 heterocycles. The van der Waals surface area contributed by atoms with Gasteiger partial charge in [-0.3, -0.25) is 4.79 Å². The SMILES string of the molecule is O=c1[nH]c(C2CCN(C3CCCCC3)CC2)nc(N[C@@H]2CCCNC2)c1-c1nc2ccccc2s1. The largest absolute Gasteiger partial charge is 0.365 e. The molecule has 1 saturated carbocycles. The predicted molar refractivity (Wildman–Crippen MR) is 143 cm³/mol. The zero-order valence-electron chi connectivity index (χ0n) is 20.4. The van der Waals surface area contributed by atoms with Crippen molar-refractivity contribution in [2.75, 3.05) is 31.5 Å². The van der Waals surface area contributed by atoms with Gasteiger partial charge >= 0.3 is 0 Å². The summed E-state index contributed by atoms with van der Waals surface area (Å²) < 4.78 is 1.09. The Morgan fingerprint density at radius 3 is 2.57 bits per heavy atom. The Morgan fingerprint density at radius 1 is 0.971 bits per heavy atom. The van der Waals surface area contributed by atoms with Gasteiger partial charge in [0.2, 0.25) is 0 Å². The van der Waals surface area contributed by atoms with Crippen LogP contribution in [0.4, 0.5) is 5.82 Å². The number of anilines is 1. The van der Waals surface area contributed by atoms with Gasteiger partial charge < -0.3 is 20.5 Å². The first-order valence-electron chi connectivity index (χ1n) is 13.5. The fraction of sp³-hybridized carbons (Fsp3) is 0.593. The number of hydrogen-bond acceptors (Lipinski definition) is 7. The molecule has 0 unspecified atom stereocenters. The monoisotopic (exact) mass is 492 g/mol. The molecule has 7 nitrogen and oxygen atoms in total. The number of para-hydroxylation sites is 1. The van der Waals surface area contributed by atoms with Gasteiger partial charge in [-0.25, -0.2) is 9.97 Å². The molecule has 8 heteroatoms. The lowest BCUT2D eigenvalue weighted by molar-refractivity contribution is 0.120. The molecule has 0 spiro atoms. The van der Waals surface area contributed by atoms with Crippen molar-refractivity contribution < 1.29 is 0 Å². The molecule has 2 saturated heterocycles. The number of aromatic amines is 1. The summed E-state index contributed by atoms with van der Waals surface area (Å²) in [4.78, 5) is 29.3. The van der Waals surface area contributed by atoms with E-state index in [4.69, 9.17) is 9.97 Å². The third kappa shape index (κ3) is 5.01. The molecule has 186 valence electrons. The Labute approximate surface area is 210 Å². The van der Waals surface area contributed by atoms with Crippen LogP contribution in [0.2, 0.25) is 0 Å². The third-order valence-electron chi connectivity index (χ3n) is 8.09. The van der Waals surface area contributed by atoms with E-state index in [-0.39, 0.29) is 11.6 Å². The molecule has 3 aromatic rings. The minimum Gasteiger partial charge on any atom is -0.365 e. The van der Waals surface area contributed by atoms with E-state index < -0.39 is 0 Å². The fourth-order valence-corrected chi connectivity index (χ4v) is 7.13. The van der Waals surface area contributed by atoms with E-state index in [2.05, 4.69) is 26.6 Å². The fourth-order valence-electron chi connectivity index (χ4n) is 6.12. The normalized spacial score (nSPS) is 23.0. The summed E-state index contributed by atoms with van der Waals surface area (Å²) in [6.07, 6.45) is 11.2. The second-order valence-corrected chi connectivity index (χ2v) is 11.5. The lowest BCUT2D eigenvalue weighted by atomic mass is 9.90. The molecule has 6 rings (SSSR count). The van der Waals surface area contributed by atoms with Crippen LogP contribution in [-0.4, -0.2) is 58.1 Å². The van der Waals surface area contributed by atoms with Gasteiger partial charge in [0.15, 0.2) is 0 Å². The number of nitrogens with one attached hydrogen (secondary N) is 3. The average molecular weight is 493 g/mol. The molecular weight excluding hydrogens is 456 g/mol. The van der Waals surface area contributed by atoms with E-state index in [0.29, 0.717) is 17.3 Å². The molecule has 0 radical (unpaired) electrons. The first-order valence-corrected chi connectivity index (χ1v) is 14.3. The van der Waals surface area contributed by atoms with E-state index in [0.717, 1.165) is 79.0 Å². The van der Waals surface area contributed by atoms with E-state index in [1.54, 1.807) is 11.3 Å².